The Hall–Kier alpha value is -1.62. The molecule has 1 aromatic carbocycles. The number of piperazine rings is 1. The van der Waals surface area contributed by atoms with Gasteiger partial charge in [-0.05, 0) is 25.6 Å². The second-order valence-corrected chi connectivity index (χ2v) is 4.86. The Morgan fingerprint density at radius 3 is 2.79 bits per heavy atom. The van der Waals surface area contributed by atoms with E-state index in [1.54, 1.807) is 12.1 Å². The number of halogens is 1. The van der Waals surface area contributed by atoms with Crippen LogP contribution in [0.3, 0.4) is 0 Å². The number of nitrogens with zero attached hydrogens (tertiary/aromatic N) is 2. The molecule has 1 unspecified atom stereocenters. The zero-order valence-electron chi connectivity index (χ0n) is 11.3. The summed E-state index contributed by atoms with van der Waals surface area (Å²) in [5, 5.41) is 9.16. The van der Waals surface area contributed by atoms with Gasteiger partial charge >= 0.3 is 5.97 Å². The van der Waals surface area contributed by atoms with Gasteiger partial charge < -0.3 is 10.0 Å². The van der Waals surface area contributed by atoms with Crippen molar-refractivity contribution in [2.75, 3.05) is 31.1 Å². The molecule has 1 aromatic rings. The second kappa shape index (κ2) is 5.57. The predicted molar refractivity (Wildman–Crippen MR) is 72.3 cm³/mol. The molecule has 1 aliphatic rings. The molecule has 0 radical (unpaired) electrons. The van der Waals surface area contributed by atoms with Gasteiger partial charge in [-0.1, -0.05) is 13.0 Å². The molecule has 0 bridgehead atoms. The number of carboxylic acid groups (broad SMARTS) is 1. The molecule has 2 rings (SSSR count). The third kappa shape index (κ3) is 2.71. The highest BCUT2D eigenvalue weighted by molar-refractivity contribution is 5.94. The smallest absolute Gasteiger partial charge is 0.340 e. The molecule has 4 nitrogen and oxygen atoms in total. The average molecular weight is 266 g/mol. The van der Waals surface area contributed by atoms with Gasteiger partial charge in [-0.25, -0.2) is 9.18 Å². The molecule has 1 aliphatic heterocycles. The largest absolute Gasteiger partial charge is 0.478 e. The number of hydrogen-bond acceptors (Lipinski definition) is 3. The maximum atomic E-state index is 13.7. The van der Waals surface area contributed by atoms with Crippen molar-refractivity contribution in [3.05, 3.63) is 29.6 Å². The molecule has 0 aliphatic carbocycles. The van der Waals surface area contributed by atoms with Crippen molar-refractivity contribution in [1.82, 2.24) is 4.90 Å². The topological polar surface area (TPSA) is 43.8 Å². The number of aromatic carboxylic acids is 1. The van der Waals surface area contributed by atoms with Crippen LogP contribution in [0.25, 0.3) is 0 Å². The van der Waals surface area contributed by atoms with Gasteiger partial charge in [-0.15, -0.1) is 0 Å². The standard InChI is InChI=1S/C14H19FN2O2/c1-3-16-7-8-17(9-10(16)2)12-6-4-5-11(15)13(12)14(18)19/h4-6,10H,3,7-9H2,1-2H3,(H,18,19). The fourth-order valence-corrected chi connectivity index (χ4v) is 2.67. The molecule has 104 valence electrons. The zero-order chi connectivity index (χ0) is 14.0. The normalized spacial score (nSPS) is 20.6. The van der Waals surface area contributed by atoms with Gasteiger partial charge in [0.25, 0.3) is 0 Å². The summed E-state index contributed by atoms with van der Waals surface area (Å²) in [6.07, 6.45) is 0. The first-order valence-electron chi connectivity index (χ1n) is 6.55. The third-order valence-corrected chi connectivity index (χ3v) is 3.72. The Morgan fingerprint density at radius 1 is 1.47 bits per heavy atom. The van der Waals surface area contributed by atoms with Crippen molar-refractivity contribution in [2.45, 2.75) is 19.9 Å². The van der Waals surface area contributed by atoms with Crippen LogP contribution in [0.2, 0.25) is 0 Å². The number of rotatable bonds is 3. The van der Waals surface area contributed by atoms with Crippen LogP contribution in [-0.4, -0.2) is 48.2 Å². The number of anilines is 1. The van der Waals surface area contributed by atoms with E-state index in [4.69, 9.17) is 5.11 Å². The Morgan fingerprint density at radius 2 is 2.21 bits per heavy atom. The van der Waals surface area contributed by atoms with E-state index in [0.29, 0.717) is 11.7 Å². The molecule has 0 spiro atoms. The summed E-state index contributed by atoms with van der Waals surface area (Å²) in [6.45, 7) is 7.50. The maximum absolute atomic E-state index is 13.7. The summed E-state index contributed by atoms with van der Waals surface area (Å²) in [6, 6.07) is 4.77. The van der Waals surface area contributed by atoms with Crippen LogP contribution in [0.15, 0.2) is 18.2 Å². The van der Waals surface area contributed by atoms with E-state index in [2.05, 4.69) is 18.7 Å². The minimum Gasteiger partial charge on any atom is -0.478 e. The van der Waals surface area contributed by atoms with E-state index < -0.39 is 11.8 Å². The van der Waals surface area contributed by atoms with Crippen molar-refractivity contribution in [3.63, 3.8) is 0 Å². The summed E-state index contributed by atoms with van der Waals surface area (Å²) in [5.74, 6) is -1.88. The third-order valence-electron chi connectivity index (χ3n) is 3.72. The summed E-state index contributed by atoms with van der Waals surface area (Å²) >= 11 is 0. The van der Waals surface area contributed by atoms with E-state index in [9.17, 15) is 9.18 Å². The van der Waals surface area contributed by atoms with E-state index in [-0.39, 0.29) is 5.56 Å². The minimum absolute atomic E-state index is 0.223. The Kier molecular flexibility index (Phi) is 4.04. The lowest BCUT2D eigenvalue weighted by atomic mass is 10.1. The van der Waals surface area contributed by atoms with Gasteiger partial charge in [-0.3, -0.25) is 4.90 Å². The van der Waals surface area contributed by atoms with Gasteiger partial charge in [0.05, 0.1) is 5.69 Å². The monoisotopic (exact) mass is 266 g/mol. The van der Waals surface area contributed by atoms with Gasteiger partial charge in [0.15, 0.2) is 0 Å². The SMILES string of the molecule is CCN1CCN(c2cccc(F)c2C(=O)O)CC1C. The molecule has 1 atom stereocenters. The zero-order valence-corrected chi connectivity index (χ0v) is 11.3. The average Bonchev–Trinajstić information content (AvgIpc) is 2.37. The van der Waals surface area contributed by atoms with Gasteiger partial charge in [-0.2, -0.15) is 0 Å². The summed E-state index contributed by atoms with van der Waals surface area (Å²) in [4.78, 5) is 15.5. The van der Waals surface area contributed by atoms with Crippen molar-refractivity contribution in [3.8, 4) is 0 Å². The summed E-state index contributed by atoms with van der Waals surface area (Å²) < 4.78 is 13.7. The van der Waals surface area contributed by atoms with Gasteiger partial charge in [0.1, 0.15) is 11.4 Å². The van der Waals surface area contributed by atoms with E-state index in [0.717, 1.165) is 26.2 Å². The highest BCUT2D eigenvalue weighted by Crippen LogP contribution is 2.25. The first-order valence-corrected chi connectivity index (χ1v) is 6.55. The molecule has 0 saturated carbocycles. The molecule has 1 heterocycles. The first kappa shape index (κ1) is 13.8. The molecule has 0 aromatic heterocycles. The molecule has 1 N–H and O–H groups in total. The number of carboxylic acids is 1. The van der Waals surface area contributed by atoms with Crippen LogP contribution < -0.4 is 4.90 Å². The van der Waals surface area contributed by atoms with Crippen LogP contribution in [-0.2, 0) is 0 Å². The number of likely N-dealkylation sites (N-methyl/N-ethyl adjacent to an activating group) is 1. The van der Waals surface area contributed by atoms with E-state index in [1.165, 1.54) is 6.07 Å². The molecule has 19 heavy (non-hydrogen) atoms. The van der Waals surface area contributed by atoms with Crippen molar-refractivity contribution in [1.29, 1.82) is 0 Å². The fourth-order valence-electron chi connectivity index (χ4n) is 2.67. The Balaban J connectivity index is 2.28. The molecule has 5 heteroatoms. The second-order valence-electron chi connectivity index (χ2n) is 4.86. The van der Waals surface area contributed by atoms with Crippen LogP contribution >= 0.6 is 0 Å². The van der Waals surface area contributed by atoms with Crippen LogP contribution in [0.4, 0.5) is 10.1 Å². The van der Waals surface area contributed by atoms with Crippen LogP contribution in [0.1, 0.15) is 24.2 Å². The fraction of sp³-hybridized carbons (Fsp3) is 0.500. The first-order chi connectivity index (χ1) is 9.04. The maximum Gasteiger partial charge on any atom is 0.340 e. The van der Waals surface area contributed by atoms with Crippen molar-refractivity contribution in [2.24, 2.45) is 0 Å². The van der Waals surface area contributed by atoms with E-state index in [1.807, 2.05) is 4.90 Å². The van der Waals surface area contributed by atoms with Crippen LogP contribution in [0.5, 0.6) is 0 Å². The predicted octanol–water partition coefficient (Wildman–Crippen LogP) is 2.05. The summed E-state index contributed by atoms with van der Waals surface area (Å²) in [5.41, 5.74) is 0.259. The lowest BCUT2D eigenvalue weighted by Gasteiger charge is -2.40. The molecule has 1 fully saturated rings. The van der Waals surface area contributed by atoms with E-state index >= 15 is 0 Å². The molecule has 1 saturated heterocycles. The van der Waals surface area contributed by atoms with Crippen LogP contribution in [0, 0.1) is 5.82 Å². The van der Waals surface area contributed by atoms with Gasteiger partial charge in [0, 0.05) is 25.7 Å². The minimum atomic E-state index is -1.21. The lowest BCUT2D eigenvalue weighted by molar-refractivity contribution is 0.0692. The molecular formula is C14H19FN2O2. The molecule has 0 amide bonds. The highest BCUT2D eigenvalue weighted by Gasteiger charge is 2.26. The Labute approximate surface area is 112 Å². The molecular weight excluding hydrogens is 247 g/mol. The Bertz CT molecular complexity index is 479. The lowest BCUT2D eigenvalue weighted by Crippen LogP contribution is -2.52. The quantitative estimate of drug-likeness (QED) is 0.909. The summed E-state index contributed by atoms with van der Waals surface area (Å²) in [7, 11) is 0. The van der Waals surface area contributed by atoms with Crippen molar-refractivity contribution < 1.29 is 14.3 Å². The number of benzene rings is 1. The highest BCUT2D eigenvalue weighted by atomic mass is 19.1. The van der Waals surface area contributed by atoms with Crippen molar-refractivity contribution >= 4 is 11.7 Å². The van der Waals surface area contributed by atoms with Gasteiger partial charge in [0.2, 0.25) is 0 Å². The number of hydrogen-bond donors (Lipinski definition) is 1. The number of carbonyl (C=O) groups is 1.